The average molecular weight is 248 g/mol. The first-order chi connectivity index (χ1) is 7.31. The quantitative estimate of drug-likeness (QED) is 0.821. The summed E-state index contributed by atoms with van der Waals surface area (Å²) in [6.45, 7) is 1.24. The molecule has 1 aromatic carbocycles. The third-order valence-corrected chi connectivity index (χ3v) is 1.75. The van der Waals surface area contributed by atoms with E-state index in [2.05, 4.69) is 5.32 Å². The van der Waals surface area contributed by atoms with Gasteiger partial charge in [-0.25, -0.2) is 0 Å². The SMILES string of the molecule is CNC.COc1ccc2c(c1)OCCO2.Cl. The number of nitrogens with one attached hydrogen (secondary N) is 1. The summed E-state index contributed by atoms with van der Waals surface area (Å²) in [6.07, 6.45) is 0. The van der Waals surface area contributed by atoms with E-state index in [0.717, 1.165) is 17.2 Å². The molecule has 0 aromatic heterocycles. The molecule has 0 radical (unpaired) electrons. The number of hydrogen-bond acceptors (Lipinski definition) is 4. The Bertz CT molecular complexity index is 307. The lowest BCUT2D eigenvalue weighted by Gasteiger charge is -2.18. The van der Waals surface area contributed by atoms with E-state index in [9.17, 15) is 0 Å². The highest BCUT2D eigenvalue weighted by molar-refractivity contribution is 5.85. The van der Waals surface area contributed by atoms with Gasteiger partial charge in [0.15, 0.2) is 11.5 Å². The van der Waals surface area contributed by atoms with Gasteiger partial charge in [0, 0.05) is 6.07 Å². The molecular weight excluding hydrogens is 230 g/mol. The molecule has 0 spiro atoms. The van der Waals surface area contributed by atoms with Crippen molar-refractivity contribution in [2.75, 3.05) is 34.4 Å². The molecule has 5 heteroatoms. The van der Waals surface area contributed by atoms with Crippen molar-refractivity contribution in [3.05, 3.63) is 18.2 Å². The van der Waals surface area contributed by atoms with Crippen LogP contribution in [-0.4, -0.2) is 34.4 Å². The Morgan fingerprint density at radius 3 is 2.25 bits per heavy atom. The number of fused-ring (bicyclic) bond motifs is 1. The van der Waals surface area contributed by atoms with E-state index >= 15 is 0 Å². The van der Waals surface area contributed by atoms with E-state index in [4.69, 9.17) is 14.2 Å². The minimum atomic E-state index is 0. The average Bonchev–Trinajstić information content (AvgIpc) is 2.29. The van der Waals surface area contributed by atoms with Gasteiger partial charge in [0.1, 0.15) is 19.0 Å². The molecule has 0 aliphatic carbocycles. The molecule has 0 saturated heterocycles. The van der Waals surface area contributed by atoms with Crippen LogP contribution in [0.25, 0.3) is 0 Å². The number of methoxy groups -OCH3 is 1. The molecule has 16 heavy (non-hydrogen) atoms. The van der Waals surface area contributed by atoms with Crippen molar-refractivity contribution in [2.45, 2.75) is 0 Å². The maximum Gasteiger partial charge on any atom is 0.165 e. The molecule has 2 rings (SSSR count). The van der Waals surface area contributed by atoms with Gasteiger partial charge < -0.3 is 19.5 Å². The minimum Gasteiger partial charge on any atom is -0.497 e. The maximum absolute atomic E-state index is 5.36. The van der Waals surface area contributed by atoms with Crippen LogP contribution in [0.1, 0.15) is 0 Å². The minimum absolute atomic E-state index is 0. The Hall–Kier alpha value is -1.13. The van der Waals surface area contributed by atoms with Gasteiger partial charge in [-0.1, -0.05) is 0 Å². The molecule has 0 fully saturated rings. The monoisotopic (exact) mass is 247 g/mol. The van der Waals surface area contributed by atoms with Gasteiger partial charge >= 0.3 is 0 Å². The summed E-state index contributed by atoms with van der Waals surface area (Å²) in [5, 5.41) is 2.75. The first-order valence-corrected chi connectivity index (χ1v) is 4.84. The second-order valence-corrected chi connectivity index (χ2v) is 3.01. The Balaban J connectivity index is 0.000000511. The van der Waals surface area contributed by atoms with E-state index in [1.807, 2.05) is 32.3 Å². The van der Waals surface area contributed by atoms with Crippen LogP contribution < -0.4 is 19.5 Å². The van der Waals surface area contributed by atoms with Crippen LogP contribution in [0, 0.1) is 0 Å². The van der Waals surface area contributed by atoms with Crippen LogP contribution >= 0.6 is 12.4 Å². The summed E-state index contributed by atoms with van der Waals surface area (Å²) in [7, 11) is 5.38. The summed E-state index contributed by atoms with van der Waals surface area (Å²) in [4.78, 5) is 0. The van der Waals surface area contributed by atoms with Crippen molar-refractivity contribution in [3.63, 3.8) is 0 Å². The molecule has 0 unspecified atom stereocenters. The first-order valence-electron chi connectivity index (χ1n) is 4.84. The molecule has 0 bridgehead atoms. The highest BCUT2D eigenvalue weighted by Gasteiger charge is 2.11. The van der Waals surface area contributed by atoms with Crippen molar-refractivity contribution in [1.29, 1.82) is 0 Å². The van der Waals surface area contributed by atoms with Gasteiger partial charge in [-0.2, -0.15) is 0 Å². The van der Waals surface area contributed by atoms with Gasteiger partial charge in [0.2, 0.25) is 0 Å². The van der Waals surface area contributed by atoms with Gasteiger partial charge in [-0.05, 0) is 26.2 Å². The molecular formula is C11H18ClNO3. The molecule has 1 heterocycles. The van der Waals surface area contributed by atoms with Crippen LogP contribution in [0.3, 0.4) is 0 Å². The second-order valence-electron chi connectivity index (χ2n) is 3.01. The van der Waals surface area contributed by atoms with Gasteiger partial charge in [0.25, 0.3) is 0 Å². The third-order valence-electron chi connectivity index (χ3n) is 1.75. The summed E-state index contributed by atoms with van der Waals surface area (Å²) >= 11 is 0. The highest BCUT2D eigenvalue weighted by atomic mass is 35.5. The third kappa shape index (κ3) is 4.16. The molecule has 92 valence electrons. The molecule has 1 aromatic rings. The number of rotatable bonds is 1. The van der Waals surface area contributed by atoms with Crippen molar-refractivity contribution < 1.29 is 14.2 Å². The van der Waals surface area contributed by atoms with Gasteiger partial charge in [0.05, 0.1) is 7.11 Å². The lowest BCUT2D eigenvalue weighted by atomic mass is 10.3. The Morgan fingerprint density at radius 1 is 1.12 bits per heavy atom. The predicted molar refractivity (Wildman–Crippen MR) is 66.2 cm³/mol. The smallest absolute Gasteiger partial charge is 0.165 e. The fraction of sp³-hybridized carbons (Fsp3) is 0.455. The number of hydrogen-bond donors (Lipinski definition) is 1. The highest BCUT2D eigenvalue weighted by Crippen LogP contribution is 2.33. The zero-order valence-corrected chi connectivity index (χ0v) is 10.6. The fourth-order valence-electron chi connectivity index (χ4n) is 1.15. The Kier molecular flexibility index (Phi) is 7.50. The van der Waals surface area contributed by atoms with Crippen LogP contribution in [0.15, 0.2) is 18.2 Å². The molecule has 1 aliphatic rings. The summed E-state index contributed by atoms with van der Waals surface area (Å²) in [6, 6.07) is 5.54. The Labute approximate surface area is 102 Å². The van der Waals surface area contributed by atoms with Crippen molar-refractivity contribution in [2.24, 2.45) is 0 Å². The van der Waals surface area contributed by atoms with E-state index < -0.39 is 0 Å². The molecule has 0 amide bonds. The predicted octanol–water partition coefficient (Wildman–Crippen LogP) is 1.72. The summed E-state index contributed by atoms with van der Waals surface area (Å²) in [5.74, 6) is 2.35. The van der Waals surface area contributed by atoms with Crippen molar-refractivity contribution in [3.8, 4) is 17.2 Å². The van der Waals surface area contributed by atoms with E-state index in [1.54, 1.807) is 7.11 Å². The van der Waals surface area contributed by atoms with Crippen LogP contribution in [0.5, 0.6) is 17.2 Å². The van der Waals surface area contributed by atoms with Gasteiger partial charge in [-0.15, -0.1) is 12.4 Å². The molecule has 1 N–H and O–H groups in total. The Morgan fingerprint density at radius 2 is 1.69 bits per heavy atom. The zero-order valence-electron chi connectivity index (χ0n) is 9.78. The molecule has 0 atom stereocenters. The molecule has 1 aliphatic heterocycles. The summed E-state index contributed by atoms with van der Waals surface area (Å²) < 4.78 is 15.7. The largest absolute Gasteiger partial charge is 0.497 e. The topological polar surface area (TPSA) is 39.7 Å². The van der Waals surface area contributed by atoms with E-state index in [-0.39, 0.29) is 12.4 Å². The second kappa shape index (κ2) is 8.07. The van der Waals surface area contributed by atoms with Gasteiger partial charge in [-0.3, -0.25) is 0 Å². The van der Waals surface area contributed by atoms with Crippen molar-refractivity contribution in [1.82, 2.24) is 5.32 Å². The standard InChI is InChI=1S/C9H10O3.C2H7N.ClH/c1-10-7-2-3-8-9(6-7)12-5-4-11-8;1-3-2;/h2-3,6H,4-5H2,1H3;3H,1-2H3;1H. The maximum atomic E-state index is 5.36. The summed E-state index contributed by atoms with van der Waals surface area (Å²) in [5.41, 5.74) is 0. The first kappa shape index (κ1) is 14.9. The lowest BCUT2D eigenvalue weighted by molar-refractivity contribution is 0.171. The number of halogens is 1. The molecule has 0 saturated carbocycles. The van der Waals surface area contributed by atoms with Crippen LogP contribution in [0.4, 0.5) is 0 Å². The number of benzene rings is 1. The van der Waals surface area contributed by atoms with Crippen molar-refractivity contribution >= 4 is 12.4 Å². The fourth-order valence-corrected chi connectivity index (χ4v) is 1.15. The lowest BCUT2D eigenvalue weighted by Crippen LogP contribution is -2.15. The van der Waals surface area contributed by atoms with E-state index in [0.29, 0.717) is 13.2 Å². The van der Waals surface area contributed by atoms with Crippen LogP contribution in [-0.2, 0) is 0 Å². The molecule has 4 nitrogen and oxygen atoms in total. The normalized spacial score (nSPS) is 11.7. The van der Waals surface area contributed by atoms with E-state index in [1.165, 1.54) is 0 Å². The number of ether oxygens (including phenoxy) is 3. The van der Waals surface area contributed by atoms with Crippen LogP contribution in [0.2, 0.25) is 0 Å². The zero-order chi connectivity index (χ0) is 11.1.